The van der Waals surface area contributed by atoms with Gasteiger partial charge in [-0.05, 0) is 30.4 Å². The highest BCUT2D eigenvalue weighted by atomic mass is 16.5. The number of methoxy groups -OCH3 is 1. The smallest absolute Gasteiger partial charge is 0.0827 e. The third-order valence-electron chi connectivity index (χ3n) is 2.76. The number of aliphatic hydroxyl groups is 1. The minimum absolute atomic E-state index is 0.268. The van der Waals surface area contributed by atoms with Crippen LogP contribution in [0.25, 0.3) is 0 Å². The Kier molecular flexibility index (Phi) is 5.56. The summed E-state index contributed by atoms with van der Waals surface area (Å²) < 4.78 is 7.14. The first kappa shape index (κ1) is 13.3. The van der Waals surface area contributed by atoms with Gasteiger partial charge in [-0.1, -0.05) is 13.8 Å². The molecule has 0 amide bonds. The number of nitrogens with zero attached hydrogens (tertiary/aromatic N) is 1. The van der Waals surface area contributed by atoms with Crippen LogP contribution < -0.4 is 0 Å². The summed E-state index contributed by atoms with van der Waals surface area (Å²) in [5.41, 5.74) is 1.02. The second kappa shape index (κ2) is 6.71. The van der Waals surface area contributed by atoms with Crippen molar-refractivity contribution in [2.75, 3.05) is 13.7 Å². The number of aromatic nitrogens is 1. The molecule has 3 nitrogen and oxygen atoms in total. The third kappa shape index (κ3) is 3.99. The highest BCUT2D eigenvalue weighted by Crippen LogP contribution is 2.21. The SMILES string of the molecule is COCCCCn1ccc(C(O)C(C)C)c1. The number of ether oxygens (including phenoxy) is 1. The Hall–Kier alpha value is -0.800. The number of aryl methyl sites for hydroxylation is 1. The summed E-state index contributed by atoms with van der Waals surface area (Å²) in [5.74, 6) is 0.268. The molecule has 1 atom stereocenters. The zero-order valence-electron chi connectivity index (χ0n) is 10.5. The molecule has 0 spiro atoms. The molecule has 3 heteroatoms. The highest BCUT2D eigenvalue weighted by Gasteiger charge is 2.12. The molecule has 92 valence electrons. The zero-order chi connectivity index (χ0) is 12.0. The minimum Gasteiger partial charge on any atom is -0.388 e. The van der Waals surface area contributed by atoms with E-state index in [1.807, 2.05) is 32.3 Å². The molecule has 1 unspecified atom stereocenters. The van der Waals surface area contributed by atoms with Gasteiger partial charge in [0.25, 0.3) is 0 Å². The van der Waals surface area contributed by atoms with Crippen LogP contribution in [0, 0.1) is 5.92 Å². The fraction of sp³-hybridized carbons (Fsp3) is 0.692. The summed E-state index contributed by atoms with van der Waals surface area (Å²) in [5, 5.41) is 9.89. The molecule has 1 N–H and O–H groups in total. The Balaban J connectivity index is 2.39. The quantitative estimate of drug-likeness (QED) is 0.724. The second-order valence-electron chi connectivity index (χ2n) is 4.57. The van der Waals surface area contributed by atoms with E-state index in [4.69, 9.17) is 4.74 Å². The van der Waals surface area contributed by atoms with Gasteiger partial charge in [-0.25, -0.2) is 0 Å². The fourth-order valence-electron chi connectivity index (χ4n) is 1.70. The van der Waals surface area contributed by atoms with Crippen LogP contribution in [0.1, 0.15) is 38.4 Å². The molecular formula is C13H23NO2. The van der Waals surface area contributed by atoms with Crippen molar-refractivity contribution < 1.29 is 9.84 Å². The number of aliphatic hydroxyl groups excluding tert-OH is 1. The molecular weight excluding hydrogens is 202 g/mol. The van der Waals surface area contributed by atoms with Crippen LogP contribution in [-0.2, 0) is 11.3 Å². The van der Waals surface area contributed by atoms with E-state index in [-0.39, 0.29) is 12.0 Å². The second-order valence-corrected chi connectivity index (χ2v) is 4.57. The molecule has 1 aromatic heterocycles. The molecule has 0 aromatic carbocycles. The first-order chi connectivity index (χ1) is 7.65. The number of hydrogen-bond donors (Lipinski definition) is 1. The topological polar surface area (TPSA) is 34.4 Å². The van der Waals surface area contributed by atoms with Gasteiger partial charge >= 0.3 is 0 Å². The molecule has 0 saturated carbocycles. The Morgan fingerprint density at radius 2 is 2.12 bits per heavy atom. The normalized spacial score (nSPS) is 13.3. The van der Waals surface area contributed by atoms with E-state index < -0.39 is 0 Å². The van der Waals surface area contributed by atoms with Gasteiger partial charge < -0.3 is 14.4 Å². The molecule has 0 radical (unpaired) electrons. The summed E-state index contributed by atoms with van der Waals surface area (Å²) in [6.45, 7) is 5.87. The monoisotopic (exact) mass is 225 g/mol. The molecule has 0 aliphatic heterocycles. The predicted molar refractivity (Wildman–Crippen MR) is 65.3 cm³/mol. The molecule has 0 saturated heterocycles. The molecule has 0 fully saturated rings. The molecule has 16 heavy (non-hydrogen) atoms. The van der Waals surface area contributed by atoms with Crippen LogP contribution >= 0.6 is 0 Å². The average molecular weight is 225 g/mol. The Labute approximate surface area is 98.0 Å². The average Bonchev–Trinajstić information content (AvgIpc) is 2.72. The van der Waals surface area contributed by atoms with Crippen molar-refractivity contribution in [1.29, 1.82) is 0 Å². The van der Waals surface area contributed by atoms with Crippen LogP contribution in [0.4, 0.5) is 0 Å². The van der Waals surface area contributed by atoms with Gasteiger partial charge in [-0.15, -0.1) is 0 Å². The molecule has 1 heterocycles. The molecule has 1 rings (SSSR count). The van der Waals surface area contributed by atoms with E-state index in [1.54, 1.807) is 7.11 Å². The van der Waals surface area contributed by atoms with Crippen molar-refractivity contribution in [3.8, 4) is 0 Å². The van der Waals surface area contributed by atoms with Gasteiger partial charge in [0.15, 0.2) is 0 Å². The van der Waals surface area contributed by atoms with Gasteiger partial charge in [0.1, 0.15) is 0 Å². The van der Waals surface area contributed by atoms with Crippen LogP contribution in [0.5, 0.6) is 0 Å². The lowest BCUT2D eigenvalue weighted by Crippen LogP contribution is -2.04. The maximum absolute atomic E-state index is 9.89. The van der Waals surface area contributed by atoms with E-state index in [9.17, 15) is 5.11 Å². The van der Waals surface area contributed by atoms with Crippen molar-refractivity contribution in [2.45, 2.75) is 39.3 Å². The lowest BCUT2D eigenvalue weighted by molar-refractivity contribution is 0.127. The highest BCUT2D eigenvalue weighted by molar-refractivity contribution is 5.13. The molecule has 0 aliphatic rings. The molecule has 1 aromatic rings. The van der Waals surface area contributed by atoms with Crippen LogP contribution in [0.15, 0.2) is 18.5 Å². The van der Waals surface area contributed by atoms with E-state index in [0.717, 1.165) is 31.6 Å². The first-order valence-corrected chi connectivity index (χ1v) is 5.98. The Bertz CT molecular complexity index is 294. The number of hydrogen-bond acceptors (Lipinski definition) is 2. The molecule has 0 aliphatic carbocycles. The van der Waals surface area contributed by atoms with Crippen molar-refractivity contribution in [3.05, 3.63) is 24.0 Å². The van der Waals surface area contributed by atoms with Crippen LogP contribution in [0.3, 0.4) is 0 Å². The summed E-state index contributed by atoms with van der Waals surface area (Å²) in [7, 11) is 1.73. The van der Waals surface area contributed by atoms with Gasteiger partial charge in [0.05, 0.1) is 6.10 Å². The minimum atomic E-state index is -0.347. The maximum Gasteiger partial charge on any atom is 0.0827 e. The van der Waals surface area contributed by atoms with Gasteiger partial charge in [-0.2, -0.15) is 0 Å². The van der Waals surface area contributed by atoms with Gasteiger partial charge in [0.2, 0.25) is 0 Å². The van der Waals surface area contributed by atoms with Gasteiger partial charge in [-0.3, -0.25) is 0 Å². The maximum atomic E-state index is 9.89. The third-order valence-corrected chi connectivity index (χ3v) is 2.76. The van der Waals surface area contributed by atoms with Gasteiger partial charge in [0, 0.05) is 32.7 Å². The van der Waals surface area contributed by atoms with E-state index in [0.29, 0.717) is 0 Å². The van der Waals surface area contributed by atoms with Crippen LogP contribution in [0.2, 0.25) is 0 Å². The largest absolute Gasteiger partial charge is 0.388 e. The lowest BCUT2D eigenvalue weighted by Gasteiger charge is -2.12. The zero-order valence-corrected chi connectivity index (χ0v) is 10.5. The van der Waals surface area contributed by atoms with Crippen molar-refractivity contribution >= 4 is 0 Å². The fourth-order valence-corrected chi connectivity index (χ4v) is 1.70. The Morgan fingerprint density at radius 3 is 2.75 bits per heavy atom. The summed E-state index contributed by atoms with van der Waals surface area (Å²) in [4.78, 5) is 0. The standard InChI is InChI=1S/C13H23NO2/c1-11(2)13(15)12-6-8-14(10-12)7-4-5-9-16-3/h6,8,10-11,13,15H,4-5,7,9H2,1-3H3. The van der Waals surface area contributed by atoms with Crippen molar-refractivity contribution in [3.63, 3.8) is 0 Å². The summed E-state index contributed by atoms with van der Waals surface area (Å²) in [6.07, 6.45) is 5.92. The number of unbranched alkanes of at least 4 members (excludes halogenated alkanes) is 1. The van der Waals surface area contributed by atoms with Crippen molar-refractivity contribution in [1.82, 2.24) is 4.57 Å². The van der Waals surface area contributed by atoms with E-state index in [1.165, 1.54) is 0 Å². The summed E-state index contributed by atoms with van der Waals surface area (Å²) in [6, 6.07) is 2.00. The van der Waals surface area contributed by atoms with Crippen LogP contribution in [-0.4, -0.2) is 23.4 Å². The Morgan fingerprint density at radius 1 is 1.38 bits per heavy atom. The molecule has 0 bridgehead atoms. The van der Waals surface area contributed by atoms with Crippen molar-refractivity contribution in [2.24, 2.45) is 5.92 Å². The first-order valence-electron chi connectivity index (χ1n) is 5.98. The predicted octanol–water partition coefficient (Wildman–Crippen LogP) is 2.60. The van der Waals surface area contributed by atoms with E-state index >= 15 is 0 Å². The lowest BCUT2D eigenvalue weighted by atomic mass is 10.0. The number of rotatable bonds is 7. The summed E-state index contributed by atoms with van der Waals surface area (Å²) >= 11 is 0. The van der Waals surface area contributed by atoms with E-state index in [2.05, 4.69) is 4.57 Å².